The second-order valence-corrected chi connectivity index (χ2v) is 5.76. The summed E-state index contributed by atoms with van der Waals surface area (Å²) in [5, 5.41) is 18.4. The van der Waals surface area contributed by atoms with Crippen LogP contribution in [0.3, 0.4) is 0 Å². The number of aliphatic hydroxyl groups is 1. The molecule has 5 N–H and O–H groups in total. The van der Waals surface area contributed by atoms with Crippen molar-refractivity contribution in [3.63, 3.8) is 0 Å². The van der Waals surface area contributed by atoms with E-state index in [1.54, 1.807) is 0 Å². The maximum Gasteiger partial charge on any atom is 0.337 e. The van der Waals surface area contributed by atoms with E-state index in [2.05, 4.69) is 9.46 Å². The Hall–Kier alpha value is -1.68. The number of hydrogen-bond donors (Lipinski definition) is 4. The number of hydrogen-bond acceptors (Lipinski definition) is 6. The number of rotatable bonds is 7. The van der Waals surface area contributed by atoms with Crippen molar-refractivity contribution in [3.8, 4) is 0 Å². The summed E-state index contributed by atoms with van der Waals surface area (Å²) in [7, 11) is -2.71. The number of methoxy groups -OCH3 is 1. The van der Waals surface area contributed by atoms with Crippen molar-refractivity contribution in [2.45, 2.75) is 11.0 Å². The highest BCUT2D eigenvalue weighted by Crippen LogP contribution is 2.18. The number of aromatic carboxylic acids is 1. The predicted octanol–water partition coefficient (Wildman–Crippen LogP) is -0.747. The van der Waals surface area contributed by atoms with Crippen molar-refractivity contribution < 1.29 is 28.2 Å². The number of nitrogens with two attached hydrogens (primary N) is 1. The van der Waals surface area contributed by atoms with E-state index < -0.39 is 32.6 Å². The van der Waals surface area contributed by atoms with Gasteiger partial charge in [-0.25, -0.2) is 17.9 Å². The van der Waals surface area contributed by atoms with Crippen LogP contribution in [0.15, 0.2) is 23.1 Å². The molecule has 1 rings (SSSR count). The zero-order valence-electron chi connectivity index (χ0n) is 10.7. The van der Waals surface area contributed by atoms with Gasteiger partial charge in [0.1, 0.15) is 0 Å². The van der Waals surface area contributed by atoms with Crippen molar-refractivity contribution in [2.24, 2.45) is 0 Å². The van der Waals surface area contributed by atoms with E-state index in [0.717, 1.165) is 12.1 Å². The van der Waals surface area contributed by atoms with Gasteiger partial charge in [0.15, 0.2) is 0 Å². The first kappa shape index (κ1) is 16.4. The number of anilines is 1. The summed E-state index contributed by atoms with van der Waals surface area (Å²) >= 11 is 0. The van der Waals surface area contributed by atoms with Crippen LogP contribution < -0.4 is 10.5 Å². The molecule has 20 heavy (non-hydrogen) atoms. The van der Waals surface area contributed by atoms with E-state index in [0.29, 0.717) is 0 Å². The smallest absolute Gasteiger partial charge is 0.337 e. The molecule has 0 aromatic heterocycles. The van der Waals surface area contributed by atoms with Gasteiger partial charge in [-0.15, -0.1) is 0 Å². The summed E-state index contributed by atoms with van der Waals surface area (Å²) in [5.41, 5.74) is 5.14. The summed E-state index contributed by atoms with van der Waals surface area (Å²) in [5.74, 6) is -1.41. The van der Waals surface area contributed by atoms with E-state index >= 15 is 0 Å². The van der Waals surface area contributed by atoms with Crippen LogP contribution >= 0.6 is 0 Å². The van der Waals surface area contributed by atoms with E-state index in [9.17, 15) is 18.3 Å². The van der Waals surface area contributed by atoms with Gasteiger partial charge in [0.25, 0.3) is 0 Å². The zero-order valence-corrected chi connectivity index (χ0v) is 11.6. The molecule has 0 saturated carbocycles. The molecule has 0 heterocycles. The number of carboxylic acid groups (broad SMARTS) is 1. The zero-order chi connectivity index (χ0) is 15.3. The average molecular weight is 304 g/mol. The summed E-state index contributed by atoms with van der Waals surface area (Å²) in [6, 6.07) is 3.44. The Labute approximate surface area is 116 Å². The standard InChI is InChI=1S/C11H16N2O6S/c1-19-6-8(14)5-13-20(17,18)10-3-2-7(12)4-9(10)11(15)16/h2-4,8,13-14H,5-6,12H2,1H3,(H,15,16). The first-order chi connectivity index (χ1) is 9.27. The van der Waals surface area contributed by atoms with Crippen LogP contribution in [0.5, 0.6) is 0 Å². The van der Waals surface area contributed by atoms with Gasteiger partial charge in [-0.3, -0.25) is 0 Å². The molecular weight excluding hydrogens is 288 g/mol. The van der Waals surface area contributed by atoms with E-state index in [1.165, 1.54) is 13.2 Å². The molecule has 1 aromatic carbocycles. The Bertz CT molecular complexity index is 587. The van der Waals surface area contributed by atoms with Gasteiger partial charge in [0.2, 0.25) is 10.0 Å². The van der Waals surface area contributed by atoms with Crippen molar-refractivity contribution in [3.05, 3.63) is 23.8 Å². The fraction of sp³-hybridized carbons (Fsp3) is 0.364. The van der Waals surface area contributed by atoms with Crippen LogP contribution in [-0.4, -0.2) is 51.0 Å². The Balaban J connectivity index is 3.01. The Morgan fingerprint density at radius 3 is 2.70 bits per heavy atom. The van der Waals surface area contributed by atoms with Gasteiger partial charge >= 0.3 is 5.97 Å². The molecule has 0 amide bonds. The van der Waals surface area contributed by atoms with Crippen molar-refractivity contribution >= 4 is 21.7 Å². The predicted molar refractivity (Wildman–Crippen MR) is 70.9 cm³/mol. The number of benzene rings is 1. The SMILES string of the molecule is COCC(O)CNS(=O)(=O)c1ccc(N)cc1C(=O)O. The lowest BCUT2D eigenvalue weighted by atomic mass is 10.2. The normalized spacial score (nSPS) is 13.1. The lowest BCUT2D eigenvalue weighted by molar-refractivity contribution is 0.0679. The lowest BCUT2D eigenvalue weighted by Gasteiger charge is -2.13. The third-order valence-electron chi connectivity index (χ3n) is 2.39. The highest BCUT2D eigenvalue weighted by molar-refractivity contribution is 7.89. The summed E-state index contributed by atoms with van der Waals surface area (Å²) in [6.07, 6.45) is -1.03. The third kappa shape index (κ3) is 4.17. The molecule has 0 fully saturated rings. The summed E-state index contributed by atoms with van der Waals surface area (Å²) in [6.45, 7) is -0.338. The highest BCUT2D eigenvalue weighted by atomic mass is 32.2. The fourth-order valence-corrected chi connectivity index (χ4v) is 2.73. The van der Waals surface area contributed by atoms with Crippen LogP contribution in [0, 0.1) is 0 Å². The van der Waals surface area contributed by atoms with Gasteiger partial charge in [-0.2, -0.15) is 0 Å². The highest BCUT2D eigenvalue weighted by Gasteiger charge is 2.23. The molecule has 0 bridgehead atoms. The topological polar surface area (TPSA) is 139 Å². The first-order valence-electron chi connectivity index (χ1n) is 5.57. The van der Waals surface area contributed by atoms with Gasteiger partial charge in [-0.1, -0.05) is 0 Å². The number of aliphatic hydroxyl groups excluding tert-OH is 1. The molecule has 112 valence electrons. The van der Waals surface area contributed by atoms with Gasteiger partial charge in [0.05, 0.1) is 23.2 Å². The van der Waals surface area contributed by atoms with Crippen LogP contribution in [0.1, 0.15) is 10.4 Å². The molecule has 8 nitrogen and oxygen atoms in total. The third-order valence-corrected chi connectivity index (χ3v) is 3.87. The van der Waals surface area contributed by atoms with E-state index in [1.807, 2.05) is 0 Å². The van der Waals surface area contributed by atoms with E-state index in [-0.39, 0.29) is 18.8 Å². The summed E-state index contributed by atoms with van der Waals surface area (Å²) in [4.78, 5) is 10.6. The van der Waals surface area contributed by atoms with Gasteiger partial charge < -0.3 is 20.7 Å². The Morgan fingerprint density at radius 2 is 2.15 bits per heavy atom. The lowest BCUT2D eigenvalue weighted by Crippen LogP contribution is -2.35. The minimum atomic E-state index is -4.07. The largest absolute Gasteiger partial charge is 0.478 e. The Kier molecular flexibility index (Phi) is 5.45. The molecule has 0 aliphatic heterocycles. The molecule has 9 heteroatoms. The second-order valence-electron chi connectivity index (χ2n) is 4.02. The van der Waals surface area contributed by atoms with E-state index in [4.69, 9.17) is 10.8 Å². The molecule has 0 aliphatic rings. The maximum absolute atomic E-state index is 12.0. The summed E-state index contributed by atoms with van der Waals surface area (Å²) < 4.78 is 30.8. The molecular formula is C11H16N2O6S. The minimum absolute atomic E-state index is 0.0456. The van der Waals surface area contributed by atoms with Crippen molar-refractivity contribution in [1.82, 2.24) is 4.72 Å². The van der Waals surface area contributed by atoms with Gasteiger partial charge in [0, 0.05) is 19.3 Å². The number of carbonyl (C=O) groups is 1. The first-order valence-corrected chi connectivity index (χ1v) is 7.05. The number of nitrogen functional groups attached to an aromatic ring is 1. The quantitative estimate of drug-likeness (QED) is 0.486. The monoisotopic (exact) mass is 304 g/mol. The fourth-order valence-electron chi connectivity index (χ4n) is 1.48. The van der Waals surface area contributed by atoms with Crippen LogP contribution in [0.2, 0.25) is 0 Å². The molecule has 0 spiro atoms. The molecule has 0 radical (unpaired) electrons. The molecule has 0 saturated heterocycles. The number of sulfonamides is 1. The number of carboxylic acids is 1. The second kappa shape index (κ2) is 6.66. The molecule has 1 aromatic rings. The Morgan fingerprint density at radius 1 is 1.50 bits per heavy atom. The maximum atomic E-state index is 12.0. The van der Waals surface area contributed by atoms with Crippen LogP contribution in [0.4, 0.5) is 5.69 Å². The minimum Gasteiger partial charge on any atom is -0.478 e. The molecule has 0 aliphatic carbocycles. The van der Waals surface area contributed by atoms with Crippen LogP contribution in [-0.2, 0) is 14.8 Å². The van der Waals surface area contributed by atoms with Crippen LogP contribution in [0.25, 0.3) is 0 Å². The number of ether oxygens (including phenoxy) is 1. The van der Waals surface area contributed by atoms with Crippen molar-refractivity contribution in [2.75, 3.05) is 26.0 Å². The molecule has 1 unspecified atom stereocenters. The number of nitrogens with one attached hydrogen (secondary N) is 1. The van der Waals surface area contributed by atoms with Gasteiger partial charge in [-0.05, 0) is 18.2 Å². The molecule has 1 atom stereocenters. The average Bonchev–Trinajstić information content (AvgIpc) is 2.36. The van der Waals surface area contributed by atoms with Crippen molar-refractivity contribution in [1.29, 1.82) is 0 Å².